The predicted octanol–water partition coefficient (Wildman–Crippen LogP) is 4.45. The number of nitrogens with one attached hydrogen (secondary N) is 1. The van der Waals surface area contributed by atoms with Gasteiger partial charge in [0.15, 0.2) is 0 Å². The Morgan fingerprint density at radius 1 is 1.03 bits per heavy atom. The molecule has 1 N–H and O–H groups in total. The molecule has 1 atom stereocenters. The van der Waals surface area contributed by atoms with Gasteiger partial charge in [-0.1, -0.05) is 41.9 Å². The minimum absolute atomic E-state index is 0.0471. The van der Waals surface area contributed by atoms with Crippen LogP contribution in [0.3, 0.4) is 0 Å². The van der Waals surface area contributed by atoms with E-state index in [4.69, 9.17) is 11.6 Å². The molecule has 156 valence electrons. The van der Waals surface area contributed by atoms with Gasteiger partial charge in [-0.15, -0.1) is 5.10 Å². The molecule has 0 radical (unpaired) electrons. The Labute approximate surface area is 177 Å². The maximum Gasteiger partial charge on any atom is 0.282 e. The molecule has 6 nitrogen and oxygen atoms in total. The minimum atomic E-state index is -4.09. The van der Waals surface area contributed by atoms with E-state index in [2.05, 4.69) is 9.93 Å². The number of fused-ring (bicyclic) bond motifs is 3. The van der Waals surface area contributed by atoms with Gasteiger partial charge in [-0.2, -0.15) is 18.0 Å². The van der Waals surface area contributed by atoms with Crippen molar-refractivity contribution in [1.82, 2.24) is 9.89 Å². The summed E-state index contributed by atoms with van der Waals surface area (Å²) < 4.78 is 64.6. The van der Waals surface area contributed by atoms with Gasteiger partial charge in [0.05, 0.1) is 25.6 Å². The Kier molecular flexibility index (Phi) is 5.25. The lowest BCUT2D eigenvalue weighted by Gasteiger charge is -2.11. The molecule has 0 bridgehead atoms. The first-order valence-corrected chi connectivity index (χ1v) is 12.0. The van der Waals surface area contributed by atoms with Crippen molar-refractivity contribution in [3.63, 3.8) is 0 Å². The summed E-state index contributed by atoms with van der Waals surface area (Å²) in [6, 6.07) is 13.5. The first-order chi connectivity index (χ1) is 14.2. The van der Waals surface area contributed by atoms with Crippen LogP contribution in [-0.2, 0) is 20.8 Å². The number of aromatic nitrogens is 2. The van der Waals surface area contributed by atoms with E-state index in [0.29, 0.717) is 15.7 Å². The molecule has 0 aliphatic rings. The zero-order chi connectivity index (χ0) is 21.6. The molecule has 0 aliphatic heterocycles. The number of nitrogens with zero attached hydrogens (tertiary/aromatic N) is 2. The van der Waals surface area contributed by atoms with E-state index in [1.807, 2.05) is 0 Å². The average Bonchev–Trinajstić information content (AvgIpc) is 3.07. The molecular formula is C19H14ClF2N3O3S2. The van der Waals surface area contributed by atoms with Crippen LogP contribution in [-0.4, -0.2) is 28.8 Å². The minimum Gasteiger partial charge on any atom is -0.255 e. The van der Waals surface area contributed by atoms with Crippen LogP contribution in [0.2, 0.25) is 5.02 Å². The Hall–Kier alpha value is -2.56. The van der Waals surface area contributed by atoms with E-state index in [0.717, 1.165) is 4.79 Å². The van der Waals surface area contributed by atoms with Gasteiger partial charge >= 0.3 is 0 Å². The lowest BCUT2D eigenvalue weighted by molar-refractivity contribution is 0.147. The van der Waals surface area contributed by atoms with Crippen LogP contribution < -0.4 is 4.83 Å². The first-order valence-electron chi connectivity index (χ1n) is 8.54. The van der Waals surface area contributed by atoms with Crippen LogP contribution in [0.4, 0.5) is 8.78 Å². The van der Waals surface area contributed by atoms with Gasteiger partial charge in [0.1, 0.15) is 11.2 Å². The van der Waals surface area contributed by atoms with Crippen molar-refractivity contribution in [2.24, 2.45) is 0 Å². The third-order valence-corrected chi connectivity index (χ3v) is 7.33. The number of rotatable bonds is 5. The smallest absolute Gasteiger partial charge is 0.255 e. The second-order valence-corrected chi connectivity index (χ2v) is 9.78. The highest BCUT2D eigenvalue weighted by molar-refractivity contribution is 7.92. The Morgan fingerprint density at radius 3 is 2.30 bits per heavy atom. The largest absolute Gasteiger partial charge is 0.282 e. The zero-order valence-electron chi connectivity index (χ0n) is 15.3. The van der Waals surface area contributed by atoms with Crippen molar-refractivity contribution >= 4 is 54.1 Å². The molecule has 3 aromatic carbocycles. The first kappa shape index (κ1) is 20.7. The molecule has 1 heterocycles. The van der Waals surface area contributed by atoms with E-state index in [1.165, 1.54) is 36.6 Å². The van der Waals surface area contributed by atoms with Gasteiger partial charge in [0, 0.05) is 22.4 Å². The standard InChI is InChI=1S/C19H14ClF2N3O3S2/c1-29(26)15-10-9-13-12(16(15)20)7-8-14-17(19(21)22)23-25(18(13)14)24-30(27,28)11-5-3-2-4-6-11/h2-10,19,24H,1H3. The van der Waals surface area contributed by atoms with Crippen molar-refractivity contribution in [2.45, 2.75) is 16.2 Å². The summed E-state index contributed by atoms with van der Waals surface area (Å²) in [6.07, 6.45) is -1.45. The SMILES string of the molecule is CS(=O)c1ccc2c(ccc3c(C(F)F)nn(NS(=O)(=O)c4ccccc4)c32)c1Cl. The van der Waals surface area contributed by atoms with Crippen LogP contribution in [0.15, 0.2) is 64.4 Å². The van der Waals surface area contributed by atoms with Crippen LogP contribution in [0.25, 0.3) is 21.7 Å². The summed E-state index contributed by atoms with van der Waals surface area (Å²) in [7, 11) is -5.46. The number of benzene rings is 3. The predicted molar refractivity (Wildman–Crippen MR) is 113 cm³/mol. The summed E-state index contributed by atoms with van der Waals surface area (Å²) in [5, 5.41) is 4.92. The van der Waals surface area contributed by atoms with Gasteiger partial charge in [-0.25, -0.2) is 8.78 Å². The van der Waals surface area contributed by atoms with Crippen LogP contribution in [0.1, 0.15) is 12.1 Å². The lowest BCUT2D eigenvalue weighted by Crippen LogP contribution is -2.24. The molecule has 0 saturated heterocycles. The molecule has 0 saturated carbocycles. The maximum atomic E-state index is 13.6. The number of alkyl halides is 2. The summed E-state index contributed by atoms with van der Waals surface area (Å²) in [6.45, 7) is 0. The number of hydrogen-bond acceptors (Lipinski definition) is 4. The van der Waals surface area contributed by atoms with E-state index in [9.17, 15) is 21.4 Å². The van der Waals surface area contributed by atoms with Gasteiger partial charge in [0.2, 0.25) is 0 Å². The molecule has 0 aliphatic carbocycles. The highest BCUT2D eigenvalue weighted by Gasteiger charge is 2.24. The van der Waals surface area contributed by atoms with Crippen molar-refractivity contribution in [1.29, 1.82) is 0 Å². The fraction of sp³-hybridized carbons (Fsp3) is 0.105. The molecule has 11 heteroatoms. The highest BCUT2D eigenvalue weighted by Crippen LogP contribution is 2.36. The summed E-state index contributed by atoms with van der Waals surface area (Å²) >= 11 is 6.38. The monoisotopic (exact) mass is 469 g/mol. The van der Waals surface area contributed by atoms with Gasteiger partial charge < -0.3 is 0 Å². The molecule has 4 aromatic rings. The maximum absolute atomic E-state index is 13.6. The van der Waals surface area contributed by atoms with Gasteiger partial charge in [0.25, 0.3) is 16.4 Å². The Bertz CT molecular complexity index is 1410. The zero-order valence-corrected chi connectivity index (χ0v) is 17.7. The number of halogens is 3. The van der Waals surface area contributed by atoms with Gasteiger partial charge in [-0.3, -0.25) is 4.21 Å². The fourth-order valence-electron chi connectivity index (χ4n) is 3.19. The topological polar surface area (TPSA) is 81.1 Å². The number of hydrogen-bond donors (Lipinski definition) is 1. The van der Waals surface area contributed by atoms with Crippen molar-refractivity contribution in [3.8, 4) is 0 Å². The fourth-order valence-corrected chi connectivity index (χ4v) is 5.35. The second kappa shape index (κ2) is 7.60. The van der Waals surface area contributed by atoms with E-state index >= 15 is 0 Å². The number of sulfonamides is 1. The van der Waals surface area contributed by atoms with Crippen LogP contribution in [0, 0.1) is 0 Å². The van der Waals surface area contributed by atoms with Crippen LogP contribution in [0.5, 0.6) is 0 Å². The quantitative estimate of drug-likeness (QED) is 0.468. The van der Waals surface area contributed by atoms with Gasteiger partial charge in [-0.05, 0) is 24.3 Å². The molecule has 0 fully saturated rings. The third-order valence-electron chi connectivity index (χ3n) is 4.54. The summed E-state index contributed by atoms with van der Waals surface area (Å²) in [5.74, 6) is 0. The molecule has 0 amide bonds. The molecular weight excluding hydrogens is 456 g/mol. The average molecular weight is 470 g/mol. The van der Waals surface area contributed by atoms with E-state index in [-0.39, 0.29) is 20.8 Å². The lowest BCUT2D eigenvalue weighted by atomic mass is 10.1. The van der Waals surface area contributed by atoms with E-state index < -0.39 is 32.9 Å². The van der Waals surface area contributed by atoms with E-state index in [1.54, 1.807) is 24.3 Å². The Morgan fingerprint density at radius 2 is 1.67 bits per heavy atom. The highest BCUT2D eigenvalue weighted by atomic mass is 35.5. The molecule has 4 rings (SSSR count). The van der Waals surface area contributed by atoms with Crippen molar-refractivity contribution < 1.29 is 21.4 Å². The van der Waals surface area contributed by atoms with Crippen molar-refractivity contribution in [3.05, 3.63) is 65.3 Å². The Balaban J connectivity index is 2.00. The summed E-state index contributed by atoms with van der Waals surface area (Å²) in [4.78, 5) is 3.40. The molecule has 30 heavy (non-hydrogen) atoms. The van der Waals surface area contributed by atoms with Crippen molar-refractivity contribution in [2.75, 3.05) is 11.1 Å². The van der Waals surface area contributed by atoms with Crippen LogP contribution >= 0.6 is 11.6 Å². The molecule has 1 unspecified atom stereocenters. The normalized spacial score (nSPS) is 13.2. The molecule has 0 spiro atoms. The second-order valence-electron chi connectivity index (χ2n) is 6.39. The third kappa shape index (κ3) is 3.44. The molecule has 1 aromatic heterocycles. The summed E-state index contributed by atoms with van der Waals surface area (Å²) in [5.41, 5.74) is -0.445.